The summed E-state index contributed by atoms with van der Waals surface area (Å²) >= 11 is 0. The second kappa shape index (κ2) is 5.41. The Morgan fingerprint density at radius 1 is 1.44 bits per heavy atom. The molecular formula is C13H21N3. The number of likely N-dealkylation sites (tertiary alicyclic amines) is 1. The predicted octanol–water partition coefficient (Wildman–Crippen LogP) is 1.81. The molecule has 2 N–H and O–H groups in total. The van der Waals surface area contributed by atoms with E-state index in [9.17, 15) is 0 Å². The van der Waals surface area contributed by atoms with E-state index in [0.29, 0.717) is 12.0 Å². The molecule has 0 spiro atoms. The van der Waals surface area contributed by atoms with Crippen molar-refractivity contribution in [2.45, 2.75) is 25.8 Å². The minimum Gasteiger partial charge on any atom is -0.330 e. The highest BCUT2D eigenvalue weighted by molar-refractivity contribution is 5.18. The molecule has 1 saturated heterocycles. The topological polar surface area (TPSA) is 42.1 Å². The molecule has 2 atom stereocenters. The van der Waals surface area contributed by atoms with E-state index in [1.54, 1.807) is 0 Å². The van der Waals surface area contributed by atoms with Crippen molar-refractivity contribution < 1.29 is 0 Å². The number of hydrogen-bond acceptors (Lipinski definition) is 3. The Balaban J connectivity index is 2.19. The molecule has 1 fully saturated rings. The van der Waals surface area contributed by atoms with Gasteiger partial charge in [-0.1, -0.05) is 6.92 Å². The highest BCUT2D eigenvalue weighted by Crippen LogP contribution is 2.36. The normalized spacial score (nSPS) is 26.1. The third kappa shape index (κ3) is 2.25. The number of nitrogens with zero attached hydrogens (tertiary/aromatic N) is 2. The molecule has 0 aromatic carbocycles. The smallest absolute Gasteiger partial charge is 0.0389 e. The van der Waals surface area contributed by atoms with Gasteiger partial charge >= 0.3 is 0 Å². The first kappa shape index (κ1) is 11.6. The lowest BCUT2D eigenvalue weighted by Gasteiger charge is -2.27. The van der Waals surface area contributed by atoms with E-state index < -0.39 is 0 Å². The van der Waals surface area contributed by atoms with Gasteiger partial charge in [0.05, 0.1) is 0 Å². The maximum Gasteiger partial charge on any atom is 0.0389 e. The van der Waals surface area contributed by atoms with Crippen LogP contribution in [-0.2, 0) is 0 Å². The summed E-state index contributed by atoms with van der Waals surface area (Å²) in [6, 6.07) is 4.76. The Hall–Kier alpha value is -0.930. The average molecular weight is 219 g/mol. The molecule has 1 aromatic rings. The van der Waals surface area contributed by atoms with Crippen LogP contribution >= 0.6 is 0 Å². The molecule has 0 bridgehead atoms. The first-order valence-electron chi connectivity index (χ1n) is 6.20. The van der Waals surface area contributed by atoms with Gasteiger partial charge in [0.2, 0.25) is 0 Å². The van der Waals surface area contributed by atoms with Crippen molar-refractivity contribution in [1.82, 2.24) is 9.88 Å². The Morgan fingerprint density at radius 3 is 2.81 bits per heavy atom. The van der Waals surface area contributed by atoms with E-state index in [-0.39, 0.29) is 0 Å². The molecule has 16 heavy (non-hydrogen) atoms. The fourth-order valence-electron chi connectivity index (χ4n) is 2.76. The Labute approximate surface area is 97.7 Å². The zero-order chi connectivity index (χ0) is 11.4. The number of hydrogen-bond donors (Lipinski definition) is 1. The molecule has 1 aliphatic heterocycles. The second-order valence-electron chi connectivity index (χ2n) is 4.55. The summed E-state index contributed by atoms with van der Waals surface area (Å²) in [5, 5.41) is 0. The highest BCUT2D eigenvalue weighted by Gasteiger charge is 2.33. The third-order valence-electron chi connectivity index (χ3n) is 3.49. The van der Waals surface area contributed by atoms with Crippen molar-refractivity contribution in [2.24, 2.45) is 11.7 Å². The van der Waals surface area contributed by atoms with Gasteiger partial charge in [0.15, 0.2) is 0 Å². The Bertz CT molecular complexity index is 312. The van der Waals surface area contributed by atoms with Crippen LogP contribution in [-0.4, -0.2) is 29.5 Å². The zero-order valence-corrected chi connectivity index (χ0v) is 9.97. The average Bonchev–Trinajstić information content (AvgIpc) is 2.74. The summed E-state index contributed by atoms with van der Waals surface area (Å²) < 4.78 is 0. The van der Waals surface area contributed by atoms with Crippen LogP contribution < -0.4 is 5.73 Å². The largest absolute Gasteiger partial charge is 0.330 e. The SMILES string of the molecule is CCCN1CCC(CN)C1c1ccncc1. The molecule has 0 amide bonds. The van der Waals surface area contributed by atoms with Crippen LogP contribution in [0.25, 0.3) is 0 Å². The van der Waals surface area contributed by atoms with Gasteiger partial charge in [-0.3, -0.25) is 9.88 Å². The van der Waals surface area contributed by atoms with Gasteiger partial charge in [0.1, 0.15) is 0 Å². The van der Waals surface area contributed by atoms with Crippen LogP contribution in [0.15, 0.2) is 24.5 Å². The molecule has 0 saturated carbocycles. The van der Waals surface area contributed by atoms with Gasteiger partial charge in [-0.15, -0.1) is 0 Å². The molecule has 1 aromatic heterocycles. The van der Waals surface area contributed by atoms with Crippen LogP contribution in [0.4, 0.5) is 0 Å². The molecule has 0 aliphatic carbocycles. The first-order chi connectivity index (χ1) is 7.86. The summed E-state index contributed by atoms with van der Waals surface area (Å²) in [4.78, 5) is 6.65. The lowest BCUT2D eigenvalue weighted by Crippen LogP contribution is -2.28. The van der Waals surface area contributed by atoms with E-state index in [4.69, 9.17) is 5.73 Å². The van der Waals surface area contributed by atoms with E-state index in [1.165, 1.54) is 31.5 Å². The maximum absolute atomic E-state index is 5.88. The van der Waals surface area contributed by atoms with E-state index in [0.717, 1.165) is 6.54 Å². The molecule has 1 aliphatic rings. The molecule has 3 nitrogen and oxygen atoms in total. The molecule has 2 rings (SSSR count). The van der Waals surface area contributed by atoms with Gasteiger partial charge in [0.25, 0.3) is 0 Å². The molecule has 3 heteroatoms. The molecule has 88 valence electrons. The highest BCUT2D eigenvalue weighted by atomic mass is 15.2. The van der Waals surface area contributed by atoms with Crippen molar-refractivity contribution in [1.29, 1.82) is 0 Å². The predicted molar refractivity (Wildman–Crippen MR) is 66.0 cm³/mol. The fraction of sp³-hybridized carbons (Fsp3) is 0.615. The fourth-order valence-corrected chi connectivity index (χ4v) is 2.76. The number of aromatic nitrogens is 1. The van der Waals surface area contributed by atoms with Gasteiger partial charge in [-0.25, -0.2) is 0 Å². The quantitative estimate of drug-likeness (QED) is 0.840. The lowest BCUT2D eigenvalue weighted by atomic mass is 9.94. The standard InChI is InChI=1S/C13H21N3/c1-2-8-16-9-5-12(10-14)13(16)11-3-6-15-7-4-11/h3-4,6-7,12-13H,2,5,8-10,14H2,1H3. The first-order valence-corrected chi connectivity index (χ1v) is 6.20. The van der Waals surface area contributed by atoms with Crippen LogP contribution in [0.2, 0.25) is 0 Å². The van der Waals surface area contributed by atoms with Crippen LogP contribution in [0, 0.1) is 5.92 Å². The van der Waals surface area contributed by atoms with E-state index >= 15 is 0 Å². The van der Waals surface area contributed by atoms with Crippen LogP contribution in [0.1, 0.15) is 31.4 Å². The van der Waals surface area contributed by atoms with Crippen LogP contribution in [0.3, 0.4) is 0 Å². The van der Waals surface area contributed by atoms with Gasteiger partial charge in [0, 0.05) is 18.4 Å². The van der Waals surface area contributed by atoms with Gasteiger partial charge < -0.3 is 5.73 Å². The summed E-state index contributed by atoms with van der Waals surface area (Å²) in [6.45, 7) is 5.37. The minimum atomic E-state index is 0.507. The number of rotatable bonds is 4. The summed E-state index contributed by atoms with van der Waals surface area (Å²) in [5.74, 6) is 0.606. The second-order valence-corrected chi connectivity index (χ2v) is 4.55. The van der Waals surface area contributed by atoms with Crippen molar-refractivity contribution in [3.05, 3.63) is 30.1 Å². The van der Waals surface area contributed by atoms with Crippen molar-refractivity contribution >= 4 is 0 Å². The Kier molecular flexibility index (Phi) is 3.91. The lowest BCUT2D eigenvalue weighted by molar-refractivity contribution is 0.230. The van der Waals surface area contributed by atoms with E-state index in [1.807, 2.05) is 12.4 Å². The van der Waals surface area contributed by atoms with Crippen LogP contribution in [0.5, 0.6) is 0 Å². The van der Waals surface area contributed by atoms with Crippen molar-refractivity contribution in [2.75, 3.05) is 19.6 Å². The van der Waals surface area contributed by atoms with Gasteiger partial charge in [-0.05, 0) is 56.1 Å². The van der Waals surface area contributed by atoms with E-state index in [2.05, 4.69) is 28.9 Å². The van der Waals surface area contributed by atoms with Gasteiger partial charge in [-0.2, -0.15) is 0 Å². The summed E-state index contributed by atoms with van der Waals surface area (Å²) in [6.07, 6.45) is 6.19. The zero-order valence-electron chi connectivity index (χ0n) is 9.97. The van der Waals surface area contributed by atoms with Crippen molar-refractivity contribution in [3.8, 4) is 0 Å². The number of nitrogens with two attached hydrogens (primary N) is 1. The molecule has 0 radical (unpaired) electrons. The third-order valence-corrected chi connectivity index (χ3v) is 3.49. The van der Waals surface area contributed by atoms with Crippen molar-refractivity contribution in [3.63, 3.8) is 0 Å². The molecule has 2 unspecified atom stereocenters. The summed E-state index contributed by atoms with van der Waals surface area (Å²) in [5.41, 5.74) is 7.25. The minimum absolute atomic E-state index is 0.507. The molecular weight excluding hydrogens is 198 g/mol. The monoisotopic (exact) mass is 219 g/mol. The summed E-state index contributed by atoms with van der Waals surface area (Å²) in [7, 11) is 0. The maximum atomic E-state index is 5.88. The number of pyridine rings is 1. The Morgan fingerprint density at radius 2 is 2.19 bits per heavy atom. The molecule has 2 heterocycles.